The number of ether oxygens (including phenoxy) is 1. The molecule has 1 aromatic heterocycles. The highest BCUT2D eigenvalue weighted by Crippen LogP contribution is 2.27. The quantitative estimate of drug-likeness (QED) is 0.864. The number of rotatable bonds is 3. The molecule has 0 spiro atoms. The molecule has 2 saturated heterocycles. The standard InChI is InChI=1S/C14H22N4O3S/c1-9-6-18-7-11(4-12(18)8-21-9)17-14-13(22(3,19)20)5-15-10(2)16-14/h5,9,11-12H,4,6-8H2,1-3H3,(H,15,16,17)/t9-,11-,12+/m1/s1. The van der Waals surface area contributed by atoms with Crippen LogP contribution in [0.4, 0.5) is 5.82 Å². The number of fused-ring (bicyclic) bond motifs is 1. The minimum absolute atomic E-state index is 0.160. The number of hydrogen-bond donors (Lipinski definition) is 1. The number of hydrogen-bond acceptors (Lipinski definition) is 7. The Bertz CT molecular complexity index is 664. The van der Waals surface area contributed by atoms with Gasteiger partial charge in [-0.2, -0.15) is 0 Å². The molecule has 2 fully saturated rings. The Kier molecular flexibility index (Phi) is 4.09. The molecule has 0 aliphatic carbocycles. The van der Waals surface area contributed by atoms with Crippen LogP contribution in [0.2, 0.25) is 0 Å². The molecular weight excluding hydrogens is 304 g/mol. The lowest BCUT2D eigenvalue weighted by Gasteiger charge is -2.33. The van der Waals surface area contributed by atoms with Crippen LogP contribution < -0.4 is 5.32 Å². The molecule has 3 heterocycles. The Morgan fingerprint density at radius 3 is 2.91 bits per heavy atom. The van der Waals surface area contributed by atoms with Crippen LogP contribution in [0.25, 0.3) is 0 Å². The summed E-state index contributed by atoms with van der Waals surface area (Å²) in [7, 11) is -3.35. The van der Waals surface area contributed by atoms with Gasteiger partial charge in [-0.3, -0.25) is 4.90 Å². The van der Waals surface area contributed by atoms with E-state index in [1.165, 1.54) is 12.5 Å². The molecule has 0 aromatic carbocycles. The molecule has 7 nitrogen and oxygen atoms in total. The third-order valence-electron chi connectivity index (χ3n) is 4.21. The van der Waals surface area contributed by atoms with Gasteiger partial charge in [-0.1, -0.05) is 0 Å². The zero-order valence-corrected chi connectivity index (χ0v) is 13.9. The van der Waals surface area contributed by atoms with Crippen molar-refractivity contribution < 1.29 is 13.2 Å². The molecule has 3 rings (SSSR count). The highest BCUT2D eigenvalue weighted by molar-refractivity contribution is 7.90. The number of sulfone groups is 1. The number of aryl methyl sites for hydroxylation is 1. The minimum Gasteiger partial charge on any atom is -0.376 e. The SMILES string of the molecule is Cc1ncc(S(C)(=O)=O)c(N[C@@H]2C[C@H]3CO[C@H](C)CN3C2)n1. The fraction of sp³-hybridized carbons (Fsp3) is 0.714. The third-order valence-corrected chi connectivity index (χ3v) is 5.31. The van der Waals surface area contributed by atoms with Crippen LogP contribution in [0, 0.1) is 6.92 Å². The molecule has 1 aromatic rings. The Labute approximate surface area is 131 Å². The van der Waals surface area contributed by atoms with E-state index in [9.17, 15) is 8.42 Å². The van der Waals surface area contributed by atoms with Crippen molar-refractivity contribution in [3.63, 3.8) is 0 Å². The van der Waals surface area contributed by atoms with Crippen molar-refractivity contribution in [1.29, 1.82) is 0 Å². The molecule has 2 aliphatic rings. The predicted octanol–water partition coefficient (Wildman–Crippen LogP) is 0.462. The molecule has 122 valence electrons. The molecule has 0 saturated carbocycles. The van der Waals surface area contributed by atoms with Crippen LogP contribution in [0.15, 0.2) is 11.1 Å². The van der Waals surface area contributed by atoms with Gasteiger partial charge in [-0.15, -0.1) is 0 Å². The first-order valence-electron chi connectivity index (χ1n) is 7.49. The van der Waals surface area contributed by atoms with Crippen molar-refractivity contribution in [2.75, 3.05) is 31.3 Å². The van der Waals surface area contributed by atoms with Crippen LogP contribution >= 0.6 is 0 Å². The van der Waals surface area contributed by atoms with Gasteiger partial charge in [0.05, 0.1) is 18.9 Å². The largest absolute Gasteiger partial charge is 0.376 e. The Morgan fingerprint density at radius 2 is 2.18 bits per heavy atom. The lowest BCUT2D eigenvalue weighted by Crippen LogP contribution is -2.45. The van der Waals surface area contributed by atoms with Gasteiger partial charge in [0, 0.05) is 31.4 Å². The molecule has 8 heteroatoms. The van der Waals surface area contributed by atoms with Crippen molar-refractivity contribution in [3.05, 3.63) is 12.0 Å². The molecule has 2 aliphatic heterocycles. The van der Waals surface area contributed by atoms with Crippen LogP contribution in [-0.2, 0) is 14.6 Å². The molecule has 0 amide bonds. The van der Waals surface area contributed by atoms with Crippen molar-refractivity contribution >= 4 is 15.7 Å². The Hall–Kier alpha value is -1.25. The summed E-state index contributed by atoms with van der Waals surface area (Å²) in [4.78, 5) is 10.8. The van der Waals surface area contributed by atoms with E-state index in [1.54, 1.807) is 6.92 Å². The van der Waals surface area contributed by atoms with Gasteiger partial charge in [0.1, 0.15) is 16.5 Å². The van der Waals surface area contributed by atoms with E-state index in [0.29, 0.717) is 17.7 Å². The van der Waals surface area contributed by atoms with Crippen LogP contribution in [-0.4, -0.2) is 67.4 Å². The second-order valence-electron chi connectivity index (χ2n) is 6.23. The fourth-order valence-electron chi connectivity index (χ4n) is 3.17. The molecule has 3 atom stereocenters. The summed E-state index contributed by atoms with van der Waals surface area (Å²) in [6.45, 7) is 6.37. The Balaban J connectivity index is 1.78. The highest BCUT2D eigenvalue weighted by Gasteiger charge is 2.36. The van der Waals surface area contributed by atoms with Gasteiger partial charge in [0.2, 0.25) is 0 Å². The number of morpholine rings is 1. The van der Waals surface area contributed by atoms with Gasteiger partial charge < -0.3 is 10.1 Å². The lowest BCUT2D eigenvalue weighted by molar-refractivity contribution is -0.0390. The van der Waals surface area contributed by atoms with E-state index in [1.807, 2.05) is 0 Å². The zero-order chi connectivity index (χ0) is 15.9. The normalized spacial score (nSPS) is 29.3. The van der Waals surface area contributed by atoms with Crippen molar-refractivity contribution in [2.45, 2.75) is 43.4 Å². The van der Waals surface area contributed by atoms with Gasteiger partial charge >= 0.3 is 0 Å². The summed E-state index contributed by atoms with van der Waals surface area (Å²) in [5.41, 5.74) is 0. The van der Waals surface area contributed by atoms with Gasteiger partial charge in [-0.25, -0.2) is 18.4 Å². The summed E-state index contributed by atoms with van der Waals surface area (Å²) in [5, 5.41) is 3.30. The van der Waals surface area contributed by atoms with E-state index in [4.69, 9.17) is 4.74 Å². The molecule has 0 unspecified atom stereocenters. The van der Waals surface area contributed by atoms with E-state index < -0.39 is 9.84 Å². The van der Waals surface area contributed by atoms with E-state index in [-0.39, 0.29) is 17.0 Å². The van der Waals surface area contributed by atoms with Crippen LogP contribution in [0.1, 0.15) is 19.2 Å². The second-order valence-corrected chi connectivity index (χ2v) is 8.22. The number of nitrogens with zero attached hydrogens (tertiary/aromatic N) is 3. The maximum Gasteiger partial charge on any atom is 0.180 e. The van der Waals surface area contributed by atoms with Crippen molar-refractivity contribution in [2.24, 2.45) is 0 Å². The first-order chi connectivity index (χ1) is 10.3. The topological polar surface area (TPSA) is 84.4 Å². The average molecular weight is 326 g/mol. The monoisotopic (exact) mass is 326 g/mol. The first kappa shape index (κ1) is 15.6. The maximum atomic E-state index is 11.9. The second kappa shape index (κ2) is 5.75. The highest BCUT2D eigenvalue weighted by atomic mass is 32.2. The van der Waals surface area contributed by atoms with Crippen molar-refractivity contribution in [3.8, 4) is 0 Å². The van der Waals surface area contributed by atoms with E-state index in [0.717, 1.165) is 26.1 Å². The first-order valence-corrected chi connectivity index (χ1v) is 9.38. The smallest absolute Gasteiger partial charge is 0.180 e. The minimum atomic E-state index is -3.35. The fourth-order valence-corrected chi connectivity index (χ4v) is 3.87. The van der Waals surface area contributed by atoms with Crippen LogP contribution in [0.5, 0.6) is 0 Å². The molecule has 22 heavy (non-hydrogen) atoms. The van der Waals surface area contributed by atoms with Crippen LogP contribution in [0.3, 0.4) is 0 Å². The molecule has 0 radical (unpaired) electrons. The van der Waals surface area contributed by atoms with Crippen molar-refractivity contribution in [1.82, 2.24) is 14.9 Å². The summed E-state index contributed by atoms with van der Waals surface area (Å²) in [6.07, 6.45) is 3.74. The van der Waals surface area contributed by atoms with E-state index in [2.05, 4.69) is 27.1 Å². The number of anilines is 1. The lowest BCUT2D eigenvalue weighted by atomic mass is 10.1. The maximum absolute atomic E-state index is 11.9. The van der Waals surface area contributed by atoms with E-state index >= 15 is 0 Å². The summed E-state index contributed by atoms with van der Waals surface area (Å²) in [5.74, 6) is 0.969. The summed E-state index contributed by atoms with van der Waals surface area (Å²) < 4.78 is 29.5. The molecule has 1 N–H and O–H groups in total. The molecule has 0 bridgehead atoms. The predicted molar refractivity (Wildman–Crippen MR) is 82.7 cm³/mol. The average Bonchev–Trinajstić information content (AvgIpc) is 2.78. The summed E-state index contributed by atoms with van der Waals surface area (Å²) >= 11 is 0. The molecular formula is C14H22N4O3S. The Morgan fingerprint density at radius 1 is 1.41 bits per heavy atom. The van der Waals surface area contributed by atoms with Gasteiger partial charge in [0.25, 0.3) is 0 Å². The zero-order valence-electron chi connectivity index (χ0n) is 13.1. The summed E-state index contributed by atoms with van der Waals surface area (Å²) in [6, 6.07) is 0.576. The van der Waals surface area contributed by atoms with Gasteiger partial charge in [-0.05, 0) is 20.3 Å². The van der Waals surface area contributed by atoms with Gasteiger partial charge in [0.15, 0.2) is 9.84 Å². The number of aromatic nitrogens is 2. The third kappa shape index (κ3) is 3.23. The number of nitrogens with one attached hydrogen (secondary N) is 1.